The third-order valence-corrected chi connectivity index (χ3v) is 4.20. The van der Waals surface area contributed by atoms with Crippen LogP contribution in [0.1, 0.15) is 0 Å². The molecular formula is C14H17Cl2N5OS. The van der Waals surface area contributed by atoms with Crippen LogP contribution >= 0.6 is 35.4 Å². The van der Waals surface area contributed by atoms with Gasteiger partial charge in [-0.2, -0.15) is 5.10 Å². The van der Waals surface area contributed by atoms with Gasteiger partial charge in [-0.1, -0.05) is 35.4 Å². The molecule has 6 nitrogen and oxygen atoms in total. The van der Waals surface area contributed by atoms with Crippen LogP contribution in [0, 0.1) is 0 Å². The zero-order valence-corrected chi connectivity index (χ0v) is 14.9. The van der Waals surface area contributed by atoms with E-state index in [9.17, 15) is 4.79 Å². The molecule has 23 heavy (non-hydrogen) atoms. The van der Waals surface area contributed by atoms with Crippen LogP contribution in [0.25, 0.3) is 0 Å². The molecule has 1 aliphatic rings. The Morgan fingerprint density at radius 3 is 2.57 bits per heavy atom. The van der Waals surface area contributed by atoms with Gasteiger partial charge in [-0.05, 0) is 25.2 Å². The lowest BCUT2D eigenvalue weighted by atomic mass is 10.2. The molecular weight excluding hydrogens is 357 g/mol. The molecule has 1 saturated heterocycles. The number of likely N-dealkylation sites (N-methyl/N-ethyl adjacent to an activating group) is 1. The Balaban J connectivity index is 2.15. The minimum Gasteiger partial charge on any atom is -0.388 e. The number of hydrogen-bond acceptors (Lipinski definition) is 5. The number of nitrogens with two attached hydrogens (primary N) is 1. The van der Waals surface area contributed by atoms with E-state index in [2.05, 4.69) is 15.4 Å². The third-order valence-electron chi connectivity index (χ3n) is 3.44. The molecule has 1 aliphatic heterocycles. The number of benzene rings is 1. The summed E-state index contributed by atoms with van der Waals surface area (Å²) in [5, 5.41) is 4.96. The Kier molecular flexibility index (Phi) is 6.17. The number of halogens is 2. The smallest absolute Gasteiger partial charge is 0.277 e. The van der Waals surface area contributed by atoms with Crippen LogP contribution in [0.5, 0.6) is 0 Å². The molecule has 0 aliphatic carbocycles. The highest BCUT2D eigenvalue weighted by Crippen LogP contribution is 2.25. The van der Waals surface area contributed by atoms with E-state index in [1.807, 2.05) is 7.05 Å². The first-order chi connectivity index (χ1) is 10.9. The predicted molar refractivity (Wildman–Crippen MR) is 98.4 cm³/mol. The standard InChI is InChI=1S/C14H17Cl2N5OS/c1-20-4-6-21(7-5-20)14(22)12(13(17)23)19-18-11-8-9(15)2-3-10(11)16/h2-3,8,18H,4-7H2,1H3,(H2,17,23)/b19-12+. The van der Waals surface area contributed by atoms with E-state index in [4.69, 9.17) is 41.2 Å². The SMILES string of the molecule is CN1CCN(C(=O)/C(=N/Nc2cc(Cl)ccc2Cl)C(N)=S)CC1. The van der Waals surface area contributed by atoms with Gasteiger partial charge in [0.05, 0.1) is 10.7 Å². The van der Waals surface area contributed by atoms with Crippen molar-refractivity contribution in [2.24, 2.45) is 10.8 Å². The number of piperazine rings is 1. The Bertz CT molecular complexity index is 644. The fourth-order valence-corrected chi connectivity index (χ4v) is 2.53. The molecule has 2 rings (SSSR count). The van der Waals surface area contributed by atoms with E-state index in [1.165, 1.54) is 0 Å². The van der Waals surface area contributed by atoms with Crippen molar-refractivity contribution in [2.45, 2.75) is 0 Å². The van der Waals surface area contributed by atoms with E-state index >= 15 is 0 Å². The molecule has 0 atom stereocenters. The second kappa shape index (κ2) is 7.92. The van der Waals surface area contributed by atoms with Gasteiger partial charge in [0.1, 0.15) is 4.99 Å². The van der Waals surface area contributed by atoms with Crippen LogP contribution in [0.4, 0.5) is 5.69 Å². The lowest BCUT2D eigenvalue weighted by Gasteiger charge is -2.32. The molecule has 0 saturated carbocycles. The molecule has 1 aromatic rings. The highest BCUT2D eigenvalue weighted by molar-refractivity contribution is 7.82. The summed E-state index contributed by atoms with van der Waals surface area (Å²) in [6, 6.07) is 4.89. The maximum Gasteiger partial charge on any atom is 0.277 e. The van der Waals surface area contributed by atoms with Crippen molar-refractivity contribution in [1.29, 1.82) is 0 Å². The van der Waals surface area contributed by atoms with Gasteiger partial charge in [-0.15, -0.1) is 0 Å². The molecule has 3 N–H and O–H groups in total. The van der Waals surface area contributed by atoms with E-state index in [0.29, 0.717) is 28.8 Å². The summed E-state index contributed by atoms with van der Waals surface area (Å²) in [6.07, 6.45) is 0. The molecule has 0 radical (unpaired) electrons. The van der Waals surface area contributed by atoms with Crippen molar-refractivity contribution in [2.75, 3.05) is 38.7 Å². The second-order valence-electron chi connectivity index (χ2n) is 5.16. The van der Waals surface area contributed by atoms with Gasteiger partial charge < -0.3 is 15.5 Å². The third kappa shape index (κ3) is 4.78. The molecule has 0 aromatic heterocycles. The van der Waals surface area contributed by atoms with Gasteiger partial charge in [0.25, 0.3) is 5.91 Å². The first-order valence-corrected chi connectivity index (χ1v) is 8.11. The van der Waals surface area contributed by atoms with Crippen molar-refractivity contribution in [3.8, 4) is 0 Å². The predicted octanol–water partition coefficient (Wildman–Crippen LogP) is 1.82. The number of thiocarbonyl (C=S) groups is 1. The van der Waals surface area contributed by atoms with E-state index in [1.54, 1.807) is 23.1 Å². The Hall–Kier alpha value is -1.41. The van der Waals surface area contributed by atoms with Crippen molar-refractivity contribution in [3.63, 3.8) is 0 Å². The van der Waals surface area contributed by atoms with Gasteiger partial charge in [0.15, 0.2) is 5.71 Å². The minimum absolute atomic E-state index is 0.000551. The fourth-order valence-electron chi connectivity index (χ4n) is 2.07. The van der Waals surface area contributed by atoms with E-state index in [0.717, 1.165) is 13.1 Å². The molecule has 0 spiro atoms. The minimum atomic E-state index is -0.295. The van der Waals surface area contributed by atoms with Crippen molar-refractivity contribution >= 4 is 57.7 Å². The summed E-state index contributed by atoms with van der Waals surface area (Å²) >= 11 is 16.9. The van der Waals surface area contributed by atoms with E-state index in [-0.39, 0.29) is 16.6 Å². The highest BCUT2D eigenvalue weighted by Gasteiger charge is 2.25. The molecule has 1 aromatic carbocycles. The number of carbonyl (C=O) groups excluding carboxylic acids is 1. The van der Waals surface area contributed by atoms with Gasteiger partial charge >= 0.3 is 0 Å². The highest BCUT2D eigenvalue weighted by atomic mass is 35.5. The maximum atomic E-state index is 12.5. The number of nitrogens with zero attached hydrogens (tertiary/aromatic N) is 3. The zero-order chi connectivity index (χ0) is 17.0. The quantitative estimate of drug-likeness (QED) is 0.478. The van der Waals surface area contributed by atoms with Crippen LogP contribution in [-0.4, -0.2) is 59.6 Å². The normalized spacial score (nSPS) is 16.3. The van der Waals surface area contributed by atoms with Crippen LogP contribution < -0.4 is 11.2 Å². The van der Waals surface area contributed by atoms with Crippen molar-refractivity contribution < 1.29 is 4.79 Å². The number of rotatable bonds is 4. The molecule has 9 heteroatoms. The number of carbonyl (C=O) groups is 1. The first kappa shape index (κ1) is 17.9. The number of hydrogen-bond donors (Lipinski definition) is 2. The van der Waals surface area contributed by atoms with Gasteiger partial charge in [-0.25, -0.2) is 0 Å². The van der Waals surface area contributed by atoms with Gasteiger partial charge in [0.2, 0.25) is 0 Å². The Morgan fingerprint density at radius 1 is 1.30 bits per heavy atom. The molecule has 0 unspecified atom stereocenters. The summed E-state index contributed by atoms with van der Waals surface area (Å²) in [6.45, 7) is 2.80. The number of amides is 1. The summed E-state index contributed by atoms with van der Waals surface area (Å²) in [5.74, 6) is -0.295. The second-order valence-corrected chi connectivity index (χ2v) is 6.44. The summed E-state index contributed by atoms with van der Waals surface area (Å²) in [7, 11) is 2.01. The monoisotopic (exact) mass is 373 g/mol. The molecule has 1 fully saturated rings. The lowest BCUT2D eigenvalue weighted by Crippen LogP contribution is -2.51. The summed E-state index contributed by atoms with van der Waals surface area (Å²) in [4.78, 5) is 16.3. The lowest BCUT2D eigenvalue weighted by molar-refractivity contribution is -0.125. The van der Waals surface area contributed by atoms with Crippen LogP contribution in [0.2, 0.25) is 10.0 Å². The van der Waals surface area contributed by atoms with Crippen LogP contribution in [0.3, 0.4) is 0 Å². The van der Waals surface area contributed by atoms with Gasteiger partial charge in [-0.3, -0.25) is 10.2 Å². The average Bonchev–Trinajstić information content (AvgIpc) is 2.51. The topological polar surface area (TPSA) is 74.0 Å². The number of anilines is 1. The Morgan fingerprint density at radius 2 is 1.96 bits per heavy atom. The van der Waals surface area contributed by atoms with Crippen molar-refractivity contribution in [3.05, 3.63) is 28.2 Å². The first-order valence-electron chi connectivity index (χ1n) is 6.95. The summed E-state index contributed by atoms with van der Waals surface area (Å²) in [5.41, 5.74) is 8.83. The van der Waals surface area contributed by atoms with Crippen molar-refractivity contribution in [1.82, 2.24) is 9.80 Å². The Labute approximate surface area is 150 Å². The molecule has 124 valence electrons. The van der Waals surface area contributed by atoms with E-state index < -0.39 is 0 Å². The molecule has 1 amide bonds. The van der Waals surface area contributed by atoms with Crippen LogP contribution in [0.15, 0.2) is 23.3 Å². The largest absolute Gasteiger partial charge is 0.388 e. The zero-order valence-electron chi connectivity index (χ0n) is 12.6. The fraction of sp³-hybridized carbons (Fsp3) is 0.357. The summed E-state index contributed by atoms with van der Waals surface area (Å²) < 4.78 is 0. The van der Waals surface area contributed by atoms with Crippen LogP contribution in [-0.2, 0) is 4.79 Å². The number of hydrazone groups is 1. The average molecular weight is 374 g/mol. The number of nitrogens with one attached hydrogen (secondary N) is 1. The molecule has 0 bridgehead atoms. The molecule has 1 heterocycles. The van der Waals surface area contributed by atoms with Gasteiger partial charge in [0, 0.05) is 31.2 Å². The maximum absolute atomic E-state index is 12.5.